The summed E-state index contributed by atoms with van der Waals surface area (Å²) >= 11 is 0. The van der Waals surface area contributed by atoms with Crippen LogP contribution in [-0.2, 0) is 6.54 Å². The molecule has 122 valence electrons. The molecular weight excluding hydrogens is 323 g/mol. The SMILES string of the molecule is Cl.Cl.NC1CCC(Oc2cccnc2Cn2ccnc2)CC1. The highest BCUT2D eigenvalue weighted by Crippen LogP contribution is 2.25. The van der Waals surface area contributed by atoms with Crippen LogP contribution in [0.1, 0.15) is 31.4 Å². The van der Waals surface area contributed by atoms with Gasteiger partial charge in [0.1, 0.15) is 11.4 Å². The summed E-state index contributed by atoms with van der Waals surface area (Å²) in [5.74, 6) is 0.877. The van der Waals surface area contributed by atoms with E-state index >= 15 is 0 Å². The van der Waals surface area contributed by atoms with Crippen molar-refractivity contribution in [1.29, 1.82) is 0 Å². The number of ether oxygens (including phenoxy) is 1. The minimum atomic E-state index is 0. The quantitative estimate of drug-likeness (QED) is 0.925. The van der Waals surface area contributed by atoms with Crippen molar-refractivity contribution in [3.05, 3.63) is 42.7 Å². The number of pyridine rings is 1. The van der Waals surface area contributed by atoms with Crippen molar-refractivity contribution >= 4 is 24.8 Å². The second kappa shape index (κ2) is 8.98. The Labute approximate surface area is 143 Å². The topological polar surface area (TPSA) is 66.0 Å². The average Bonchev–Trinajstić information content (AvgIpc) is 2.96. The van der Waals surface area contributed by atoms with Crippen LogP contribution in [0.15, 0.2) is 37.1 Å². The second-order valence-corrected chi connectivity index (χ2v) is 5.34. The molecule has 1 saturated carbocycles. The van der Waals surface area contributed by atoms with E-state index in [9.17, 15) is 0 Å². The lowest BCUT2D eigenvalue weighted by Crippen LogP contribution is -2.31. The van der Waals surface area contributed by atoms with Gasteiger partial charge < -0.3 is 15.0 Å². The second-order valence-electron chi connectivity index (χ2n) is 5.34. The highest BCUT2D eigenvalue weighted by molar-refractivity contribution is 5.85. The monoisotopic (exact) mass is 344 g/mol. The Hall–Kier alpha value is -1.30. The van der Waals surface area contributed by atoms with Crippen LogP contribution < -0.4 is 10.5 Å². The summed E-state index contributed by atoms with van der Waals surface area (Å²) < 4.78 is 8.12. The Balaban J connectivity index is 0.00000121. The molecule has 7 heteroatoms. The van der Waals surface area contributed by atoms with E-state index in [1.54, 1.807) is 18.7 Å². The van der Waals surface area contributed by atoms with Crippen LogP contribution in [0, 0.1) is 0 Å². The molecule has 1 aliphatic carbocycles. The van der Waals surface area contributed by atoms with E-state index in [0.717, 1.165) is 37.1 Å². The molecule has 0 unspecified atom stereocenters. The largest absolute Gasteiger partial charge is 0.488 e. The van der Waals surface area contributed by atoms with Crippen LogP contribution in [0.4, 0.5) is 0 Å². The molecule has 0 spiro atoms. The molecule has 0 saturated heterocycles. The van der Waals surface area contributed by atoms with E-state index in [1.165, 1.54) is 0 Å². The fourth-order valence-electron chi connectivity index (χ4n) is 2.59. The van der Waals surface area contributed by atoms with E-state index in [4.69, 9.17) is 10.5 Å². The van der Waals surface area contributed by atoms with Gasteiger partial charge in [-0.05, 0) is 37.8 Å². The van der Waals surface area contributed by atoms with Crippen molar-refractivity contribution in [2.75, 3.05) is 0 Å². The van der Waals surface area contributed by atoms with Gasteiger partial charge in [-0.1, -0.05) is 0 Å². The van der Waals surface area contributed by atoms with Crippen LogP contribution in [0.2, 0.25) is 0 Å². The summed E-state index contributed by atoms with van der Waals surface area (Å²) in [6.45, 7) is 0.683. The number of imidazole rings is 1. The van der Waals surface area contributed by atoms with Crippen molar-refractivity contribution < 1.29 is 4.74 Å². The highest BCUT2D eigenvalue weighted by atomic mass is 35.5. The van der Waals surface area contributed by atoms with Gasteiger partial charge in [0.25, 0.3) is 0 Å². The number of aromatic nitrogens is 3. The van der Waals surface area contributed by atoms with E-state index in [2.05, 4.69) is 9.97 Å². The molecule has 0 amide bonds. The number of halogens is 2. The Morgan fingerprint density at radius 3 is 2.64 bits per heavy atom. The van der Waals surface area contributed by atoms with Crippen LogP contribution in [0.3, 0.4) is 0 Å². The van der Waals surface area contributed by atoms with Gasteiger partial charge in [0.2, 0.25) is 0 Å². The van der Waals surface area contributed by atoms with E-state index < -0.39 is 0 Å². The lowest BCUT2D eigenvalue weighted by molar-refractivity contribution is 0.145. The Kier molecular flexibility index (Phi) is 7.65. The summed E-state index contributed by atoms with van der Waals surface area (Å²) in [6, 6.07) is 4.25. The molecule has 1 aliphatic rings. The highest BCUT2D eigenvalue weighted by Gasteiger charge is 2.20. The van der Waals surface area contributed by atoms with E-state index in [0.29, 0.717) is 12.6 Å². The Morgan fingerprint density at radius 2 is 1.95 bits per heavy atom. The molecule has 0 atom stereocenters. The summed E-state index contributed by atoms with van der Waals surface area (Å²) in [5.41, 5.74) is 6.88. The molecule has 0 bridgehead atoms. The van der Waals surface area contributed by atoms with Crippen molar-refractivity contribution in [3.8, 4) is 5.75 Å². The first-order chi connectivity index (χ1) is 9.81. The van der Waals surface area contributed by atoms with Crippen LogP contribution >= 0.6 is 24.8 Å². The Morgan fingerprint density at radius 1 is 1.18 bits per heavy atom. The number of nitrogens with two attached hydrogens (primary N) is 1. The fourth-order valence-corrected chi connectivity index (χ4v) is 2.59. The van der Waals surface area contributed by atoms with Gasteiger partial charge in [0, 0.05) is 24.6 Å². The van der Waals surface area contributed by atoms with Crippen molar-refractivity contribution in [1.82, 2.24) is 14.5 Å². The van der Waals surface area contributed by atoms with Gasteiger partial charge in [-0.25, -0.2) is 4.98 Å². The van der Waals surface area contributed by atoms with E-state index in [1.807, 2.05) is 22.9 Å². The van der Waals surface area contributed by atoms with Gasteiger partial charge in [-0.15, -0.1) is 24.8 Å². The van der Waals surface area contributed by atoms with Gasteiger partial charge in [0.15, 0.2) is 0 Å². The minimum absolute atomic E-state index is 0. The third kappa shape index (κ3) is 4.87. The molecule has 0 radical (unpaired) electrons. The first kappa shape index (κ1) is 18.7. The third-order valence-electron chi connectivity index (χ3n) is 3.75. The molecule has 1 fully saturated rings. The molecule has 2 aromatic heterocycles. The molecule has 5 nitrogen and oxygen atoms in total. The zero-order valence-corrected chi connectivity index (χ0v) is 13.9. The summed E-state index contributed by atoms with van der Waals surface area (Å²) in [7, 11) is 0. The molecule has 2 heterocycles. The summed E-state index contributed by atoms with van der Waals surface area (Å²) in [5, 5.41) is 0. The number of rotatable bonds is 4. The predicted octanol–water partition coefficient (Wildman–Crippen LogP) is 2.82. The lowest BCUT2D eigenvalue weighted by Gasteiger charge is -2.27. The molecule has 22 heavy (non-hydrogen) atoms. The smallest absolute Gasteiger partial charge is 0.143 e. The molecule has 0 aromatic carbocycles. The normalized spacial score (nSPS) is 20.6. The molecule has 0 aliphatic heterocycles. The van der Waals surface area contributed by atoms with Gasteiger partial charge in [-0.3, -0.25) is 4.98 Å². The molecule has 2 aromatic rings. The predicted molar refractivity (Wildman–Crippen MR) is 90.9 cm³/mol. The maximum Gasteiger partial charge on any atom is 0.143 e. The zero-order valence-electron chi connectivity index (χ0n) is 12.3. The lowest BCUT2D eigenvalue weighted by atomic mass is 9.94. The maximum atomic E-state index is 6.13. The Bertz CT molecular complexity index is 542. The standard InChI is InChI=1S/C15H20N4O.2ClH/c16-12-3-5-13(6-4-12)20-15-2-1-7-18-14(15)10-19-9-8-17-11-19;;/h1-2,7-9,11-13H,3-6,10,16H2;2*1H. The van der Waals surface area contributed by atoms with E-state index in [-0.39, 0.29) is 30.9 Å². The summed E-state index contributed by atoms with van der Waals surface area (Å²) in [4.78, 5) is 8.49. The van der Waals surface area contributed by atoms with Crippen molar-refractivity contribution in [2.24, 2.45) is 5.73 Å². The van der Waals surface area contributed by atoms with Crippen LogP contribution in [0.5, 0.6) is 5.75 Å². The third-order valence-corrected chi connectivity index (χ3v) is 3.75. The van der Waals surface area contributed by atoms with Crippen LogP contribution in [0.25, 0.3) is 0 Å². The zero-order chi connectivity index (χ0) is 13.8. The number of hydrogen-bond donors (Lipinski definition) is 1. The first-order valence-corrected chi connectivity index (χ1v) is 7.13. The number of hydrogen-bond acceptors (Lipinski definition) is 4. The van der Waals surface area contributed by atoms with Crippen molar-refractivity contribution in [3.63, 3.8) is 0 Å². The van der Waals surface area contributed by atoms with Gasteiger partial charge in [0.05, 0.1) is 19.0 Å². The average molecular weight is 345 g/mol. The van der Waals surface area contributed by atoms with Gasteiger partial charge in [-0.2, -0.15) is 0 Å². The number of nitrogens with zero attached hydrogens (tertiary/aromatic N) is 3. The maximum absolute atomic E-state index is 6.13. The minimum Gasteiger partial charge on any atom is -0.488 e. The van der Waals surface area contributed by atoms with Crippen molar-refractivity contribution in [2.45, 2.75) is 44.4 Å². The summed E-state index contributed by atoms with van der Waals surface area (Å²) in [6.07, 6.45) is 11.7. The van der Waals surface area contributed by atoms with Crippen LogP contribution in [-0.4, -0.2) is 26.7 Å². The molecule has 2 N–H and O–H groups in total. The molecule has 3 rings (SSSR count). The first-order valence-electron chi connectivity index (χ1n) is 7.13. The van der Waals surface area contributed by atoms with Gasteiger partial charge >= 0.3 is 0 Å². The molecular formula is C15H22Cl2N4O. The fraction of sp³-hybridized carbons (Fsp3) is 0.467.